The van der Waals surface area contributed by atoms with E-state index in [0.717, 1.165) is 66.0 Å². The van der Waals surface area contributed by atoms with Gasteiger partial charge in [0.25, 0.3) is 0 Å². The fourth-order valence-corrected chi connectivity index (χ4v) is 6.95. The van der Waals surface area contributed by atoms with E-state index in [1.165, 1.54) is 11.1 Å². The summed E-state index contributed by atoms with van der Waals surface area (Å²) in [4.78, 5) is 20.8. The zero-order chi connectivity index (χ0) is 28.2. The molecule has 1 aromatic heterocycles. The summed E-state index contributed by atoms with van der Waals surface area (Å²) in [5.41, 5.74) is 6.65. The molecule has 1 atom stereocenters. The quantitative estimate of drug-likeness (QED) is 0.363. The number of aliphatic carboxylic acids is 1. The van der Waals surface area contributed by atoms with Gasteiger partial charge in [-0.1, -0.05) is 29.8 Å². The van der Waals surface area contributed by atoms with Crippen LogP contribution in [-0.2, 0) is 29.3 Å². The highest BCUT2D eigenvalue weighted by molar-refractivity contribution is 7.88. The van der Waals surface area contributed by atoms with E-state index >= 15 is 0 Å². The minimum absolute atomic E-state index is 0.255. The fourth-order valence-electron chi connectivity index (χ4n) is 5.40. The summed E-state index contributed by atoms with van der Waals surface area (Å²) in [6.07, 6.45) is 3.06. The smallest absolute Gasteiger partial charge is 0.306 e. The van der Waals surface area contributed by atoms with Crippen LogP contribution < -0.4 is 9.64 Å². The van der Waals surface area contributed by atoms with Crippen LogP contribution in [0.2, 0.25) is 0 Å². The highest BCUT2D eigenvalue weighted by Crippen LogP contribution is 2.36. The van der Waals surface area contributed by atoms with Gasteiger partial charge < -0.3 is 19.3 Å². The Bertz CT molecular complexity index is 1310. The monoisotopic (exact) mass is 582 g/mol. The number of ether oxygens (including phenoxy) is 1. The molecule has 2 fully saturated rings. The lowest BCUT2D eigenvalue weighted by Gasteiger charge is -2.33. The summed E-state index contributed by atoms with van der Waals surface area (Å²) in [5, 5.41) is 12.3. The minimum atomic E-state index is -0.887. The zero-order valence-electron chi connectivity index (χ0n) is 23.5. The van der Waals surface area contributed by atoms with Crippen LogP contribution in [0.3, 0.4) is 0 Å². The number of piperidine rings is 1. The van der Waals surface area contributed by atoms with E-state index in [-0.39, 0.29) is 5.92 Å². The zero-order valence-corrected chi connectivity index (χ0v) is 25.1. The first kappa shape index (κ1) is 28.9. The van der Waals surface area contributed by atoms with Crippen molar-refractivity contribution in [3.63, 3.8) is 0 Å². The van der Waals surface area contributed by atoms with Crippen LogP contribution in [0.1, 0.15) is 35.1 Å². The van der Waals surface area contributed by atoms with Gasteiger partial charge in [-0.25, -0.2) is 4.98 Å². The van der Waals surface area contributed by atoms with Crippen molar-refractivity contribution in [1.29, 1.82) is 0 Å². The maximum absolute atomic E-state index is 11.7. The largest absolute Gasteiger partial charge is 0.598 e. The molecule has 40 heavy (non-hydrogen) atoms. The number of carboxylic acid groups (broad SMARTS) is 1. The van der Waals surface area contributed by atoms with Crippen LogP contribution in [-0.4, -0.2) is 75.3 Å². The van der Waals surface area contributed by atoms with Crippen molar-refractivity contribution in [2.75, 3.05) is 50.4 Å². The first-order chi connectivity index (χ1) is 19.3. The number of aromatic nitrogens is 1. The Kier molecular flexibility index (Phi) is 9.32. The van der Waals surface area contributed by atoms with E-state index in [0.29, 0.717) is 32.5 Å². The number of anilines is 1. The van der Waals surface area contributed by atoms with Gasteiger partial charge in [0.1, 0.15) is 18.6 Å². The van der Waals surface area contributed by atoms with Crippen molar-refractivity contribution in [2.45, 2.75) is 39.8 Å². The summed E-state index contributed by atoms with van der Waals surface area (Å²) < 4.78 is 20.1. The first-order valence-corrected chi connectivity index (χ1v) is 16.2. The minimum Gasteiger partial charge on any atom is -0.598 e. The second-order valence-corrected chi connectivity index (χ2v) is 13.0. The molecule has 0 spiro atoms. The second kappa shape index (κ2) is 12.9. The van der Waals surface area contributed by atoms with Gasteiger partial charge in [-0.15, -0.1) is 15.6 Å². The third-order valence-corrected chi connectivity index (χ3v) is 9.90. The highest BCUT2D eigenvalue weighted by atomic mass is 32.2. The third kappa shape index (κ3) is 6.98. The average molecular weight is 583 g/mol. The molecule has 2 aliphatic heterocycles. The fraction of sp³-hybridized carbons (Fsp3) is 0.467. The number of carbonyl (C=O) groups is 1. The lowest BCUT2D eigenvalue weighted by atomic mass is 9.97. The van der Waals surface area contributed by atoms with Crippen molar-refractivity contribution in [1.82, 2.24) is 14.2 Å². The summed E-state index contributed by atoms with van der Waals surface area (Å²) in [6.45, 7) is 10.6. The number of carboxylic acids is 1. The van der Waals surface area contributed by atoms with Crippen molar-refractivity contribution < 1.29 is 19.2 Å². The SMILES string of the molecule is Cc1ccc(OCc2ccc(CN3CCN([S+](C)[O-])CC3)cc2C)c(-c2csc(N3CCC(C(=O)O)CC3)n2)c1. The van der Waals surface area contributed by atoms with Gasteiger partial charge in [0, 0.05) is 55.0 Å². The van der Waals surface area contributed by atoms with Crippen LogP contribution >= 0.6 is 11.3 Å². The van der Waals surface area contributed by atoms with Crippen LogP contribution in [0.15, 0.2) is 41.8 Å². The van der Waals surface area contributed by atoms with Crippen LogP contribution in [0.4, 0.5) is 5.13 Å². The van der Waals surface area contributed by atoms with Gasteiger partial charge in [-0.2, -0.15) is 0 Å². The number of hydrogen-bond donors (Lipinski definition) is 1. The van der Waals surface area contributed by atoms with Crippen LogP contribution in [0.25, 0.3) is 11.3 Å². The molecule has 214 valence electrons. The number of nitrogens with zero attached hydrogens (tertiary/aromatic N) is 4. The highest BCUT2D eigenvalue weighted by Gasteiger charge is 2.26. The molecular weight excluding hydrogens is 544 g/mol. The summed E-state index contributed by atoms with van der Waals surface area (Å²) in [7, 11) is 0. The number of piperazine rings is 1. The molecule has 5 rings (SSSR count). The Morgan fingerprint density at radius 3 is 2.52 bits per heavy atom. The maximum atomic E-state index is 11.7. The van der Waals surface area contributed by atoms with E-state index in [1.807, 2.05) is 10.4 Å². The lowest BCUT2D eigenvalue weighted by molar-refractivity contribution is -0.142. The van der Waals surface area contributed by atoms with Crippen molar-refractivity contribution in [3.8, 4) is 17.0 Å². The molecule has 0 saturated carbocycles. The van der Waals surface area contributed by atoms with Gasteiger partial charge in [-0.05, 0) is 55.5 Å². The number of thiazole rings is 1. The molecule has 0 aliphatic carbocycles. The molecule has 0 radical (unpaired) electrons. The molecule has 8 nitrogen and oxygen atoms in total. The molecule has 2 aromatic carbocycles. The summed E-state index contributed by atoms with van der Waals surface area (Å²) in [6, 6.07) is 12.8. The topological polar surface area (TPSA) is 92.2 Å². The van der Waals surface area contributed by atoms with E-state index < -0.39 is 17.3 Å². The Hall–Kier alpha value is -2.63. The predicted molar refractivity (Wildman–Crippen MR) is 161 cm³/mol. The number of hydrogen-bond acceptors (Lipinski definition) is 8. The molecule has 2 saturated heterocycles. The van der Waals surface area contributed by atoms with Crippen LogP contribution in [0.5, 0.6) is 5.75 Å². The number of rotatable bonds is 9. The standard InChI is InChI=1S/C30H38N4O4S2/c1-21-4-7-28(26(16-21)27-20-39-30(31-27)33-10-8-24(9-11-33)29(35)36)38-19-25-6-5-23(17-22(25)2)18-32-12-14-34(15-13-32)40(3)37/h4-7,16-17,20,24H,8-15,18-19H2,1-3H3,(H,35,36). The van der Waals surface area contributed by atoms with E-state index in [1.54, 1.807) is 17.6 Å². The number of aryl methyl sites for hydroxylation is 2. The van der Waals surface area contributed by atoms with Gasteiger partial charge in [0.05, 0.1) is 24.7 Å². The number of benzene rings is 2. The Labute approximate surface area is 243 Å². The Morgan fingerprint density at radius 1 is 1.10 bits per heavy atom. The second-order valence-electron chi connectivity index (χ2n) is 10.8. The predicted octanol–water partition coefficient (Wildman–Crippen LogP) is 4.72. The lowest BCUT2D eigenvalue weighted by Crippen LogP contribution is -2.47. The first-order valence-electron chi connectivity index (χ1n) is 13.8. The van der Waals surface area contributed by atoms with Gasteiger partial charge in [0.15, 0.2) is 5.13 Å². The summed E-state index contributed by atoms with van der Waals surface area (Å²) in [5.74, 6) is -0.146. The molecule has 1 N–H and O–H groups in total. The third-order valence-electron chi connectivity index (χ3n) is 7.91. The molecule has 0 amide bonds. The van der Waals surface area contributed by atoms with Crippen LogP contribution in [0, 0.1) is 19.8 Å². The van der Waals surface area contributed by atoms with Crippen molar-refractivity contribution in [2.24, 2.45) is 5.92 Å². The molecule has 10 heteroatoms. The molecule has 3 aromatic rings. The summed E-state index contributed by atoms with van der Waals surface area (Å²) >= 11 is 0.712. The molecule has 3 heterocycles. The normalized spacial score (nSPS) is 18.1. The van der Waals surface area contributed by atoms with E-state index in [2.05, 4.69) is 59.4 Å². The van der Waals surface area contributed by atoms with Gasteiger partial charge >= 0.3 is 5.97 Å². The van der Waals surface area contributed by atoms with Gasteiger partial charge in [-0.3, -0.25) is 9.69 Å². The van der Waals surface area contributed by atoms with Crippen molar-refractivity contribution in [3.05, 3.63) is 64.0 Å². The van der Waals surface area contributed by atoms with Crippen molar-refractivity contribution >= 4 is 33.8 Å². The van der Waals surface area contributed by atoms with Gasteiger partial charge in [0.2, 0.25) is 0 Å². The van der Waals surface area contributed by atoms with E-state index in [9.17, 15) is 14.5 Å². The average Bonchev–Trinajstić information content (AvgIpc) is 3.44. The molecular formula is C30H38N4O4S2. The Morgan fingerprint density at radius 2 is 1.85 bits per heavy atom. The molecule has 0 bridgehead atoms. The Balaban J connectivity index is 1.22. The maximum Gasteiger partial charge on any atom is 0.306 e. The van der Waals surface area contributed by atoms with E-state index in [4.69, 9.17) is 9.72 Å². The molecule has 2 aliphatic rings. The molecule has 1 unspecified atom stereocenters.